The van der Waals surface area contributed by atoms with Gasteiger partial charge in [-0.3, -0.25) is 9.48 Å². The van der Waals surface area contributed by atoms with Crippen LogP contribution in [0.15, 0.2) is 6.20 Å². The lowest BCUT2D eigenvalue weighted by Crippen LogP contribution is -2.36. The van der Waals surface area contributed by atoms with E-state index in [1.54, 1.807) is 10.9 Å². The number of piperidine rings is 1. The Morgan fingerprint density at radius 1 is 1.44 bits per heavy atom. The Balaban J connectivity index is 2.18. The molecule has 2 aromatic heterocycles. The van der Waals surface area contributed by atoms with Crippen molar-refractivity contribution in [2.24, 2.45) is 7.05 Å². The van der Waals surface area contributed by atoms with E-state index in [0.29, 0.717) is 18.8 Å². The van der Waals surface area contributed by atoms with E-state index in [-0.39, 0.29) is 11.7 Å². The summed E-state index contributed by atoms with van der Waals surface area (Å²) < 4.78 is 1.72. The number of aromatic nitrogens is 4. The maximum Gasteiger partial charge on any atom is 0.161 e. The molecule has 1 atom stereocenters. The van der Waals surface area contributed by atoms with Gasteiger partial charge in [0.1, 0.15) is 11.6 Å². The topological polar surface area (TPSA) is 72.7 Å². The Morgan fingerprint density at radius 3 is 3.06 bits per heavy atom. The molecular formula is C12H15N5O. The van der Waals surface area contributed by atoms with Gasteiger partial charge in [0, 0.05) is 26.6 Å². The van der Waals surface area contributed by atoms with E-state index in [4.69, 9.17) is 0 Å². The zero-order valence-electron chi connectivity index (χ0n) is 10.5. The van der Waals surface area contributed by atoms with Gasteiger partial charge in [-0.25, -0.2) is 9.97 Å². The van der Waals surface area contributed by atoms with Crippen LogP contribution in [0.4, 0.5) is 0 Å². The van der Waals surface area contributed by atoms with Gasteiger partial charge < -0.3 is 5.32 Å². The number of Topliss-reactive ketones (excluding diaryl/α,β-unsaturated/α-hetero) is 1. The largest absolute Gasteiger partial charge is 0.315 e. The van der Waals surface area contributed by atoms with Gasteiger partial charge in [-0.15, -0.1) is 0 Å². The van der Waals surface area contributed by atoms with Crippen LogP contribution in [0.2, 0.25) is 0 Å². The molecule has 0 saturated carbocycles. The number of nitrogens with zero attached hydrogens (tertiary/aromatic N) is 4. The van der Waals surface area contributed by atoms with Gasteiger partial charge in [0.25, 0.3) is 0 Å². The molecule has 1 aliphatic heterocycles. The fourth-order valence-corrected chi connectivity index (χ4v) is 2.42. The first-order chi connectivity index (χ1) is 8.66. The zero-order chi connectivity index (χ0) is 12.7. The van der Waals surface area contributed by atoms with Crippen LogP contribution in [-0.4, -0.2) is 38.6 Å². The van der Waals surface area contributed by atoms with E-state index >= 15 is 0 Å². The summed E-state index contributed by atoms with van der Waals surface area (Å²) in [6.07, 6.45) is 2.31. The number of carbonyl (C=O) groups is 1. The molecule has 6 nitrogen and oxygen atoms in total. The first kappa shape index (κ1) is 11.3. The van der Waals surface area contributed by atoms with Crippen LogP contribution < -0.4 is 5.32 Å². The summed E-state index contributed by atoms with van der Waals surface area (Å²) in [6, 6.07) is 0. The van der Waals surface area contributed by atoms with Gasteiger partial charge in [-0.2, -0.15) is 5.10 Å². The Bertz CT molecular complexity index is 618. The second-order valence-corrected chi connectivity index (χ2v) is 4.63. The van der Waals surface area contributed by atoms with Crippen molar-refractivity contribution in [1.82, 2.24) is 25.1 Å². The van der Waals surface area contributed by atoms with Crippen LogP contribution in [0, 0.1) is 6.92 Å². The highest BCUT2D eigenvalue weighted by molar-refractivity contribution is 5.91. The molecule has 1 aliphatic rings. The number of ketones is 1. The first-order valence-electron chi connectivity index (χ1n) is 6.06. The minimum Gasteiger partial charge on any atom is -0.315 e. The van der Waals surface area contributed by atoms with Crippen molar-refractivity contribution in [2.45, 2.75) is 19.3 Å². The van der Waals surface area contributed by atoms with Crippen LogP contribution in [-0.2, 0) is 11.8 Å². The Hall–Kier alpha value is -1.82. The highest BCUT2D eigenvalue weighted by Gasteiger charge is 2.27. The molecule has 3 rings (SSSR count). The predicted molar refractivity (Wildman–Crippen MR) is 66.3 cm³/mol. The number of carbonyl (C=O) groups excluding carboxylic acids is 1. The third-order valence-electron chi connectivity index (χ3n) is 3.35. The maximum absolute atomic E-state index is 12.0. The van der Waals surface area contributed by atoms with E-state index in [9.17, 15) is 4.79 Å². The van der Waals surface area contributed by atoms with E-state index in [1.165, 1.54) is 0 Å². The number of aryl methyl sites for hydroxylation is 2. The summed E-state index contributed by atoms with van der Waals surface area (Å²) >= 11 is 0. The smallest absolute Gasteiger partial charge is 0.161 e. The second kappa shape index (κ2) is 4.13. The normalized spacial score (nSPS) is 20.6. The van der Waals surface area contributed by atoms with Gasteiger partial charge in [0.05, 0.1) is 23.2 Å². The molecule has 6 heteroatoms. The van der Waals surface area contributed by atoms with Crippen molar-refractivity contribution >= 4 is 16.8 Å². The molecular weight excluding hydrogens is 230 g/mol. The fraction of sp³-hybridized carbons (Fsp3) is 0.500. The SMILES string of the molecule is Cc1nc(C2CNCCC2=O)c2cnn(C)c2n1. The highest BCUT2D eigenvalue weighted by atomic mass is 16.1. The lowest BCUT2D eigenvalue weighted by atomic mass is 9.93. The van der Waals surface area contributed by atoms with Crippen molar-refractivity contribution in [1.29, 1.82) is 0 Å². The van der Waals surface area contributed by atoms with E-state index < -0.39 is 0 Å². The van der Waals surface area contributed by atoms with Crippen molar-refractivity contribution in [3.8, 4) is 0 Å². The van der Waals surface area contributed by atoms with E-state index in [2.05, 4.69) is 20.4 Å². The molecule has 1 fully saturated rings. The number of hydrogen-bond donors (Lipinski definition) is 1. The lowest BCUT2D eigenvalue weighted by Gasteiger charge is -2.21. The number of fused-ring (bicyclic) bond motifs is 1. The summed E-state index contributed by atoms with van der Waals surface area (Å²) in [7, 11) is 1.85. The summed E-state index contributed by atoms with van der Waals surface area (Å²) in [5, 5.41) is 8.33. The molecule has 0 aromatic carbocycles. The molecule has 18 heavy (non-hydrogen) atoms. The van der Waals surface area contributed by atoms with Crippen molar-refractivity contribution in [3.05, 3.63) is 17.7 Å². The van der Waals surface area contributed by atoms with E-state index in [1.807, 2.05) is 14.0 Å². The molecule has 1 N–H and O–H groups in total. The molecule has 0 bridgehead atoms. The lowest BCUT2D eigenvalue weighted by molar-refractivity contribution is -0.121. The second-order valence-electron chi connectivity index (χ2n) is 4.63. The average Bonchev–Trinajstić information content (AvgIpc) is 2.71. The molecule has 1 unspecified atom stereocenters. The van der Waals surface area contributed by atoms with Gasteiger partial charge in [0.15, 0.2) is 5.65 Å². The van der Waals surface area contributed by atoms with Crippen molar-refractivity contribution in [2.75, 3.05) is 13.1 Å². The minimum absolute atomic E-state index is 0.174. The molecule has 0 amide bonds. The van der Waals surface area contributed by atoms with Crippen molar-refractivity contribution in [3.63, 3.8) is 0 Å². The standard InChI is InChI=1S/C12H15N5O/c1-7-15-11(8-5-13-4-3-10(8)18)9-6-14-17(2)12(9)16-7/h6,8,13H,3-5H2,1-2H3. The maximum atomic E-state index is 12.0. The van der Waals surface area contributed by atoms with Gasteiger partial charge in [0.2, 0.25) is 0 Å². The zero-order valence-corrected chi connectivity index (χ0v) is 10.5. The number of rotatable bonds is 1. The summed E-state index contributed by atoms with van der Waals surface area (Å²) in [5.41, 5.74) is 1.60. The monoisotopic (exact) mass is 245 g/mol. The third kappa shape index (κ3) is 1.69. The molecule has 2 aromatic rings. The summed E-state index contributed by atoms with van der Waals surface area (Å²) in [4.78, 5) is 20.9. The van der Waals surface area contributed by atoms with Crippen LogP contribution >= 0.6 is 0 Å². The fourth-order valence-electron chi connectivity index (χ4n) is 2.42. The molecule has 1 saturated heterocycles. The Morgan fingerprint density at radius 2 is 2.28 bits per heavy atom. The molecule has 0 spiro atoms. The third-order valence-corrected chi connectivity index (χ3v) is 3.35. The number of hydrogen-bond acceptors (Lipinski definition) is 5. The first-order valence-corrected chi connectivity index (χ1v) is 6.06. The molecule has 0 radical (unpaired) electrons. The van der Waals surface area contributed by atoms with Gasteiger partial charge in [-0.05, 0) is 6.92 Å². The van der Waals surface area contributed by atoms with Crippen LogP contribution in [0.25, 0.3) is 11.0 Å². The number of nitrogens with one attached hydrogen (secondary N) is 1. The molecule has 94 valence electrons. The molecule has 3 heterocycles. The molecule has 0 aliphatic carbocycles. The van der Waals surface area contributed by atoms with Crippen LogP contribution in [0.1, 0.15) is 23.9 Å². The predicted octanol–water partition coefficient (Wildman–Crippen LogP) is 0.318. The van der Waals surface area contributed by atoms with Gasteiger partial charge in [-0.1, -0.05) is 0 Å². The highest BCUT2D eigenvalue weighted by Crippen LogP contribution is 2.25. The quantitative estimate of drug-likeness (QED) is 0.783. The summed E-state index contributed by atoms with van der Waals surface area (Å²) in [6.45, 7) is 3.26. The van der Waals surface area contributed by atoms with Crippen LogP contribution in [0.3, 0.4) is 0 Å². The van der Waals surface area contributed by atoms with Gasteiger partial charge >= 0.3 is 0 Å². The average molecular weight is 245 g/mol. The Kier molecular flexibility index (Phi) is 2.59. The van der Waals surface area contributed by atoms with E-state index in [0.717, 1.165) is 23.3 Å². The Labute approximate surface area is 104 Å². The van der Waals surface area contributed by atoms with Crippen molar-refractivity contribution < 1.29 is 4.79 Å². The minimum atomic E-state index is -0.174. The summed E-state index contributed by atoms with van der Waals surface area (Å²) in [5.74, 6) is 0.753. The van der Waals surface area contributed by atoms with Crippen LogP contribution in [0.5, 0.6) is 0 Å².